The summed E-state index contributed by atoms with van der Waals surface area (Å²) in [6.45, 7) is 2.14. The summed E-state index contributed by atoms with van der Waals surface area (Å²) in [5, 5.41) is 12.1. The number of unbranched alkanes of at least 4 members (excludes halogenated alkanes) is 2. The second kappa shape index (κ2) is 5.19. The summed E-state index contributed by atoms with van der Waals surface area (Å²) in [5.74, 6) is 2.51. The van der Waals surface area contributed by atoms with E-state index in [1.54, 1.807) is 0 Å². The van der Waals surface area contributed by atoms with E-state index >= 15 is 0 Å². The Morgan fingerprint density at radius 2 is 2.36 bits per heavy atom. The first kappa shape index (κ1) is 11.3. The van der Waals surface area contributed by atoms with Gasteiger partial charge >= 0.3 is 0 Å². The molecule has 0 saturated heterocycles. The zero-order chi connectivity index (χ0) is 10.4. The fourth-order valence-electron chi connectivity index (χ4n) is 1.41. The van der Waals surface area contributed by atoms with Crippen LogP contribution in [0.4, 0.5) is 0 Å². The highest BCUT2D eigenvalue weighted by Crippen LogP contribution is 2.30. The van der Waals surface area contributed by atoms with Crippen LogP contribution in [0.3, 0.4) is 0 Å². The van der Waals surface area contributed by atoms with Gasteiger partial charge in [-0.15, -0.1) is 17.8 Å². The third-order valence-electron chi connectivity index (χ3n) is 2.31. The zero-order valence-electron chi connectivity index (χ0n) is 8.49. The van der Waals surface area contributed by atoms with Gasteiger partial charge in [-0.2, -0.15) is 0 Å². The van der Waals surface area contributed by atoms with Gasteiger partial charge in [0.1, 0.15) is 0 Å². The summed E-state index contributed by atoms with van der Waals surface area (Å²) in [4.78, 5) is 0.885. The number of thiophene rings is 1. The summed E-state index contributed by atoms with van der Waals surface area (Å²) in [6.07, 6.45) is 9.30. The van der Waals surface area contributed by atoms with Crippen LogP contribution in [-0.4, -0.2) is 5.11 Å². The van der Waals surface area contributed by atoms with Crippen molar-refractivity contribution in [3.63, 3.8) is 0 Å². The van der Waals surface area contributed by atoms with Crippen molar-refractivity contribution in [3.05, 3.63) is 22.4 Å². The normalized spacial score (nSPS) is 14.6. The third-order valence-corrected chi connectivity index (χ3v) is 3.33. The molecule has 1 N–H and O–H groups in total. The van der Waals surface area contributed by atoms with Crippen LogP contribution in [-0.2, 0) is 5.60 Å². The molecule has 76 valence electrons. The number of rotatable bonds is 5. The Morgan fingerprint density at radius 1 is 1.57 bits per heavy atom. The lowest BCUT2D eigenvalue weighted by molar-refractivity contribution is 0.0911. The van der Waals surface area contributed by atoms with Crippen LogP contribution in [0.25, 0.3) is 0 Å². The van der Waals surface area contributed by atoms with Crippen molar-refractivity contribution in [3.8, 4) is 12.3 Å². The molecule has 1 atom stereocenters. The van der Waals surface area contributed by atoms with E-state index in [9.17, 15) is 5.11 Å². The molecule has 0 aromatic carbocycles. The minimum absolute atomic E-state index is 0.665. The number of terminal acetylenes is 1. The Labute approximate surface area is 89.8 Å². The topological polar surface area (TPSA) is 20.2 Å². The minimum Gasteiger partial charge on any atom is -0.373 e. The van der Waals surface area contributed by atoms with Gasteiger partial charge in [-0.1, -0.05) is 31.8 Å². The standard InChI is InChI=1S/C12H16OS/c1-3-5-6-9-12(13,4-2)11-8-7-10-14-11/h2,7-8,10,13H,3,5-6,9H2,1H3. The molecule has 0 bridgehead atoms. The Hall–Kier alpha value is -0.780. The predicted molar refractivity (Wildman–Crippen MR) is 61.2 cm³/mol. The molecular formula is C12H16OS. The van der Waals surface area contributed by atoms with Gasteiger partial charge in [-0.25, -0.2) is 0 Å². The monoisotopic (exact) mass is 208 g/mol. The minimum atomic E-state index is -1.04. The van der Waals surface area contributed by atoms with Crippen LogP contribution in [0.5, 0.6) is 0 Å². The number of hydrogen-bond acceptors (Lipinski definition) is 2. The summed E-state index contributed by atoms with van der Waals surface area (Å²) >= 11 is 1.52. The molecule has 0 amide bonds. The molecule has 0 saturated carbocycles. The highest BCUT2D eigenvalue weighted by Gasteiger charge is 2.26. The van der Waals surface area contributed by atoms with Gasteiger partial charge in [0.15, 0.2) is 5.60 Å². The molecule has 2 heteroatoms. The molecule has 14 heavy (non-hydrogen) atoms. The lowest BCUT2D eigenvalue weighted by atomic mass is 9.95. The van der Waals surface area contributed by atoms with Crippen molar-refractivity contribution in [2.45, 2.75) is 38.2 Å². The largest absolute Gasteiger partial charge is 0.373 e. The fraction of sp³-hybridized carbons (Fsp3) is 0.500. The van der Waals surface area contributed by atoms with E-state index in [2.05, 4.69) is 12.8 Å². The highest BCUT2D eigenvalue weighted by molar-refractivity contribution is 7.10. The van der Waals surface area contributed by atoms with Crippen molar-refractivity contribution < 1.29 is 5.11 Å². The van der Waals surface area contributed by atoms with E-state index < -0.39 is 5.60 Å². The second-order valence-electron chi connectivity index (χ2n) is 3.44. The fourth-order valence-corrected chi connectivity index (χ4v) is 2.23. The maximum Gasteiger partial charge on any atom is 0.159 e. The molecule has 0 fully saturated rings. The maximum absolute atomic E-state index is 10.2. The van der Waals surface area contributed by atoms with Gasteiger partial charge in [-0.05, 0) is 24.3 Å². The lowest BCUT2D eigenvalue weighted by Crippen LogP contribution is -2.21. The summed E-state index contributed by atoms with van der Waals surface area (Å²) in [5.41, 5.74) is -1.04. The molecule has 0 radical (unpaired) electrons. The van der Waals surface area contributed by atoms with Crippen molar-refractivity contribution >= 4 is 11.3 Å². The molecule has 1 heterocycles. The molecule has 0 aliphatic rings. The third kappa shape index (κ3) is 2.60. The Bertz CT molecular complexity index is 297. The van der Waals surface area contributed by atoms with E-state index in [4.69, 9.17) is 6.42 Å². The lowest BCUT2D eigenvalue weighted by Gasteiger charge is -2.20. The van der Waals surface area contributed by atoms with Crippen molar-refractivity contribution in [1.82, 2.24) is 0 Å². The first-order valence-corrected chi connectivity index (χ1v) is 5.85. The molecule has 1 aromatic heterocycles. The molecule has 0 aliphatic heterocycles. The molecule has 1 nitrogen and oxygen atoms in total. The van der Waals surface area contributed by atoms with Gasteiger partial charge in [0.05, 0.1) is 0 Å². The Balaban J connectivity index is 2.64. The number of aliphatic hydroxyl groups is 1. The van der Waals surface area contributed by atoms with Crippen LogP contribution >= 0.6 is 11.3 Å². The van der Waals surface area contributed by atoms with Crippen LogP contribution in [0, 0.1) is 12.3 Å². The van der Waals surface area contributed by atoms with E-state index in [-0.39, 0.29) is 0 Å². The Kier molecular flexibility index (Phi) is 4.19. The highest BCUT2D eigenvalue weighted by atomic mass is 32.1. The summed E-state index contributed by atoms with van der Waals surface area (Å²) < 4.78 is 0. The van der Waals surface area contributed by atoms with Gasteiger partial charge in [-0.3, -0.25) is 0 Å². The average Bonchev–Trinajstić information content (AvgIpc) is 2.71. The van der Waals surface area contributed by atoms with Crippen molar-refractivity contribution in [2.24, 2.45) is 0 Å². The van der Waals surface area contributed by atoms with Crippen LogP contribution in [0.2, 0.25) is 0 Å². The Morgan fingerprint density at radius 3 is 2.86 bits per heavy atom. The first-order valence-electron chi connectivity index (χ1n) is 4.97. The number of hydrogen-bond donors (Lipinski definition) is 1. The molecule has 0 aliphatic carbocycles. The molecular weight excluding hydrogens is 192 g/mol. The zero-order valence-corrected chi connectivity index (χ0v) is 9.31. The maximum atomic E-state index is 10.2. The molecule has 1 rings (SSSR count). The average molecular weight is 208 g/mol. The quantitative estimate of drug-likeness (QED) is 0.582. The van der Waals surface area contributed by atoms with Crippen LogP contribution in [0.1, 0.15) is 37.5 Å². The van der Waals surface area contributed by atoms with Gasteiger partial charge in [0, 0.05) is 4.88 Å². The SMILES string of the molecule is C#CC(O)(CCCCC)c1cccs1. The van der Waals surface area contributed by atoms with E-state index in [1.165, 1.54) is 11.3 Å². The first-order chi connectivity index (χ1) is 6.73. The van der Waals surface area contributed by atoms with Crippen molar-refractivity contribution in [2.75, 3.05) is 0 Å². The predicted octanol–water partition coefficient (Wildman–Crippen LogP) is 3.15. The molecule has 1 aromatic rings. The van der Waals surface area contributed by atoms with Gasteiger partial charge in [0.25, 0.3) is 0 Å². The second-order valence-corrected chi connectivity index (χ2v) is 4.39. The van der Waals surface area contributed by atoms with E-state index in [0.29, 0.717) is 6.42 Å². The molecule has 1 unspecified atom stereocenters. The van der Waals surface area contributed by atoms with Crippen molar-refractivity contribution in [1.29, 1.82) is 0 Å². The summed E-state index contributed by atoms with van der Waals surface area (Å²) in [6, 6.07) is 3.82. The van der Waals surface area contributed by atoms with Gasteiger partial charge < -0.3 is 5.11 Å². The molecule has 0 spiro atoms. The van der Waals surface area contributed by atoms with E-state index in [0.717, 1.165) is 24.1 Å². The van der Waals surface area contributed by atoms with Crippen LogP contribution in [0.15, 0.2) is 17.5 Å². The van der Waals surface area contributed by atoms with Crippen LogP contribution < -0.4 is 0 Å². The smallest absolute Gasteiger partial charge is 0.159 e. The van der Waals surface area contributed by atoms with E-state index in [1.807, 2.05) is 17.5 Å². The summed E-state index contributed by atoms with van der Waals surface area (Å²) in [7, 11) is 0. The van der Waals surface area contributed by atoms with Gasteiger partial charge in [0.2, 0.25) is 0 Å².